The molecule has 182 valence electrons. The van der Waals surface area contributed by atoms with E-state index in [1.54, 1.807) is 54.6 Å². The highest BCUT2D eigenvalue weighted by Crippen LogP contribution is 2.29. The molecule has 3 aromatic carbocycles. The van der Waals surface area contributed by atoms with Crippen LogP contribution in [0.4, 0.5) is 18.0 Å². The number of nitrogens with zero attached hydrogens (tertiary/aromatic N) is 1. The molecule has 2 amide bonds. The number of nitrogens with one attached hydrogen (secondary N) is 1. The maximum absolute atomic E-state index is 13.6. The van der Waals surface area contributed by atoms with Gasteiger partial charge in [-0.25, -0.2) is 4.79 Å². The molecule has 0 aliphatic carbocycles. The number of amides is 2. The van der Waals surface area contributed by atoms with Crippen LogP contribution in [0, 0.1) is 0 Å². The van der Waals surface area contributed by atoms with E-state index in [0.29, 0.717) is 16.2 Å². The van der Waals surface area contributed by atoms with E-state index in [1.807, 2.05) is 6.07 Å². The van der Waals surface area contributed by atoms with Gasteiger partial charge in [-0.2, -0.15) is 13.2 Å². The zero-order valence-corrected chi connectivity index (χ0v) is 18.8. The molecule has 0 atom stereocenters. The van der Waals surface area contributed by atoms with Crippen LogP contribution in [0.15, 0.2) is 91.1 Å². The molecule has 0 radical (unpaired) electrons. The van der Waals surface area contributed by atoms with Gasteiger partial charge in [-0.15, -0.1) is 0 Å². The van der Waals surface area contributed by atoms with Gasteiger partial charge in [-0.05, 0) is 35.4 Å². The predicted molar refractivity (Wildman–Crippen MR) is 124 cm³/mol. The van der Waals surface area contributed by atoms with Crippen molar-refractivity contribution in [3.63, 3.8) is 0 Å². The van der Waals surface area contributed by atoms with Gasteiger partial charge in [0.2, 0.25) is 0 Å². The fraction of sp³-hybridized carbons (Fsp3) is 0.154. The Labute approximate surface area is 200 Å². The van der Waals surface area contributed by atoms with Crippen LogP contribution in [0.3, 0.4) is 0 Å². The van der Waals surface area contributed by atoms with Gasteiger partial charge >= 0.3 is 18.2 Å². The summed E-state index contributed by atoms with van der Waals surface area (Å²) >= 11 is 0. The summed E-state index contributed by atoms with van der Waals surface area (Å²) in [7, 11) is 1.45. The third-order valence-electron chi connectivity index (χ3n) is 4.89. The van der Waals surface area contributed by atoms with Crippen molar-refractivity contribution in [2.75, 3.05) is 7.11 Å². The smallest absolute Gasteiger partial charge is 0.471 e. The number of hydrogen-bond donors (Lipinski definition) is 1. The van der Waals surface area contributed by atoms with Crippen molar-refractivity contribution in [1.82, 2.24) is 10.2 Å². The molecular formula is C26H23F3N2O4. The zero-order chi connectivity index (χ0) is 25.3. The van der Waals surface area contributed by atoms with Gasteiger partial charge in [-0.1, -0.05) is 60.7 Å². The van der Waals surface area contributed by atoms with Gasteiger partial charge < -0.3 is 9.47 Å². The predicted octanol–water partition coefficient (Wildman–Crippen LogP) is 5.51. The second-order valence-corrected chi connectivity index (χ2v) is 7.34. The topological polar surface area (TPSA) is 67.9 Å². The summed E-state index contributed by atoms with van der Waals surface area (Å²) in [6, 6.07) is 23.2. The minimum atomic E-state index is -5.14. The summed E-state index contributed by atoms with van der Waals surface area (Å²) in [5.41, 5.74) is 1.29. The molecule has 9 heteroatoms. The van der Waals surface area contributed by atoms with Gasteiger partial charge in [0, 0.05) is 11.8 Å². The van der Waals surface area contributed by atoms with Crippen LogP contribution in [0.5, 0.6) is 5.75 Å². The van der Waals surface area contributed by atoms with Crippen molar-refractivity contribution in [3.8, 4) is 5.75 Å². The Balaban J connectivity index is 1.93. The molecule has 0 saturated heterocycles. The van der Waals surface area contributed by atoms with Gasteiger partial charge in [0.05, 0.1) is 19.4 Å². The van der Waals surface area contributed by atoms with Crippen molar-refractivity contribution >= 4 is 17.7 Å². The molecule has 0 heterocycles. The average Bonchev–Trinajstić information content (AvgIpc) is 2.87. The van der Waals surface area contributed by atoms with Crippen LogP contribution in [0.25, 0.3) is 5.70 Å². The number of benzene rings is 3. The summed E-state index contributed by atoms with van der Waals surface area (Å²) in [5.74, 6) is -1.61. The van der Waals surface area contributed by atoms with Crippen molar-refractivity contribution < 1.29 is 32.2 Å². The molecule has 0 unspecified atom stereocenters. The van der Waals surface area contributed by atoms with Crippen LogP contribution in [-0.2, 0) is 22.7 Å². The molecule has 35 heavy (non-hydrogen) atoms. The number of halogens is 3. The maximum Gasteiger partial charge on any atom is 0.471 e. The third-order valence-corrected chi connectivity index (χ3v) is 4.89. The molecule has 1 N–H and O–H groups in total. The van der Waals surface area contributed by atoms with E-state index in [4.69, 9.17) is 9.47 Å². The summed E-state index contributed by atoms with van der Waals surface area (Å²) in [4.78, 5) is 25.3. The number of carbonyl (C=O) groups is 2. The third kappa shape index (κ3) is 7.36. The highest BCUT2D eigenvalue weighted by Gasteiger charge is 2.44. The molecule has 0 aliphatic rings. The second kappa shape index (κ2) is 11.7. The standard InChI is InChI=1S/C26H23F3N2O4/c1-34-22-14-12-21(13-15-22)23(16-30-25(33)35-18-20-10-6-3-7-11-20)31(24(32)26(27,28)29)17-19-8-4-2-5-9-19/h2-16H,17-18H2,1H3,(H,30,33)/b23-16+. The largest absolute Gasteiger partial charge is 0.497 e. The van der Waals surface area contributed by atoms with Crippen LogP contribution in [0.1, 0.15) is 16.7 Å². The number of carbonyl (C=O) groups excluding carboxylic acids is 2. The molecule has 3 rings (SSSR count). The lowest BCUT2D eigenvalue weighted by molar-refractivity contribution is -0.182. The van der Waals surface area contributed by atoms with Crippen molar-refractivity contribution in [3.05, 3.63) is 108 Å². The summed E-state index contributed by atoms with van der Waals surface area (Å²) < 4.78 is 50.9. The number of rotatable bonds is 8. The molecule has 6 nitrogen and oxygen atoms in total. The first-order valence-electron chi connectivity index (χ1n) is 10.5. The SMILES string of the molecule is COc1ccc(/C(=C\NC(=O)OCc2ccccc2)N(Cc2ccccc2)C(=O)C(F)(F)F)cc1. The molecular weight excluding hydrogens is 461 g/mol. The summed E-state index contributed by atoms with van der Waals surface area (Å²) in [6.45, 7) is -0.411. The van der Waals surface area contributed by atoms with Gasteiger partial charge in [-0.3, -0.25) is 15.0 Å². The van der Waals surface area contributed by atoms with Crippen LogP contribution < -0.4 is 10.1 Å². The Morgan fingerprint density at radius 2 is 1.46 bits per heavy atom. The van der Waals surface area contributed by atoms with Crippen LogP contribution >= 0.6 is 0 Å². The Morgan fingerprint density at radius 1 is 0.886 bits per heavy atom. The molecule has 0 saturated carbocycles. The Kier molecular flexibility index (Phi) is 8.50. The zero-order valence-electron chi connectivity index (χ0n) is 18.8. The first-order valence-corrected chi connectivity index (χ1v) is 10.5. The van der Waals surface area contributed by atoms with Gasteiger partial charge in [0.15, 0.2) is 0 Å². The Bertz CT molecular complexity index is 1150. The summed E-state index contributed by atoms with van der Waals surface area (Å²) in [6.07, 6.45) is -5.01. The number of ether oxygens (including phenoxy) is 2. The van der Waals surface area contributed by atoms with Gasteiger partial charge in [0.1, 0.15) is 12.4 Å². The number of alkyl carbamates (subject to hydrolysis) is 1. The van der Waals surface area contributed by atoms with E-state index < -0.39 is 18.2 Å². The molecule has 0 aromatic heterocycles. The Morgan fingerprint density at radius 3 is 2.00 bits per heavy atom. The molecule has 0 fully saturated rings. The maximum atomic E-state index is 13.6. The Hall–Kier alpha value is -4.27. The van der Waals surface area contributed by atoms with E-state index in [-0.39, 0.29) is 24.4 Å². The summed E-state index contributed by atoms with van der Waals surface area (Å²) in [5, 5.41) is 2.34. The van der Waals surface area contributed by atoms with E-state index in [9.17, 15) is 22.8 Å². The fourth-order valence-electron chi connectivity index (χ4n) is 3.16. The normalized spacial score (nSPS) is 11.5. The lowest BCUT2D eigenvalue weighted by Crippen LogP contribution is -2.40. The molecule has 3 aromatic rings. The monoisotopic (exact) mass is 484 g/mol. The molecule has 0 aliphatic heterocycles. The number of hydrogen-bond acceptors (Lipinski definition) is 4. The van der Waals surface area contributed by atoms with E-state index in [1.165, 1.54) is 31.4 Å². The highest BCUT2D eigenvalue weighted by atomic mass is 19.4. The lowest BCUT2D eigenvalue weighted by atomic mass is 10.1. The first kappa shape index (κ1) is 25.4. The quantitative estimate of drug-likeness (QED) is 0.458. The van der Waals surface area contributed by atoms with E-state index >= 15 is 0 Å². The van der Waals surface area contributed by atoms with Crippen molar-refractivity contribution in [2.45, 2.75) is 19.3 Å². The van der Waals surface area contributed by atoms with E-state index in [0.717, 1.165) is 11.8 Å². The van der Waals surface area contributed by atoms with Gasteiger partial charge in [0.25, 0.3) is 0 Å². The lowest BCUT2D eigenvalue weighted by Gasteiger charge is -2.27. The van der Waals surface area contributed by atoms with Crippen molar-refractivity contribution in [2.24, 2.45) is 0 Å². The first-order chi connectivity index (χ1) is 16.8. The number of alkyl halides is 3. The van der Waals surface area contributed by atoms with Crippen LogP contribution in [0.2, 0.25) is 0 Å². The molecule has 0 bridgehead atoms. The average molecular weight is 484 g/mol. The minimum absolute atomic E-state index is 0.0341. The van der Waals surface area contributed by atoms with E-state index in [2.05, 4.69) is 5.32 Å². The number of methoxy groups -OCH3 is 1. The second-order valence-electron chi connectivity index (χ2n) is 7.34. The van der Waals surface area contributed by atoms with Crippen molar-refractivity contribution in [1.29, 1.82) is 0 Å². The highest BCUT2D eigenvalue weighted by molar-refractivity contribution is 5.91. The minimum Gasteiger partial charge on any atom is -0.497 e. The molecule has 0 spiro atoms. The van der Waals surface area contributed by atoms with Crippen LogP contribution in [-0.4, -0.2) is 30.2 Å². The fourth-order valence-corrected chi connectivity index (χ4v) is 3.16.